The molecule has 3 saturated heterocycles. The molecule has 3 aromatic heterocycles. The number of aromatic nitrogens is 6. The predicted molar refractivity (Wildman–Crippen MR) is 323 cm³/mol. The van der Waals surface area contributed by atoms with Crippen molar-refractivity contribution in [2.45, 2.75) is 87.3 Å². The topological polar surface area (TPSA) is 748 Å². The lowest BCUT2D eigenvalue weighted by Crippen LogP contribution is -2.37. The highest BCUT2D eigenvalue weighted by molar-refractivity contribution is 8.76. The Morgan fingerprint density at radius 2 is 0.948 bits per heavy atom. The van der Waals surface area contributed by atoms with E-state index < -0.39 is 191 Å². The van der Waals surface area contributed by atoms with E-state index in [1.807, 2.05) is 11.2 Å². The summed E-state index contributed by atoms with van der Waals surface area (Å²) in [6, 6.07) is 1.09. The van der Waals surface area contributed by atoms with Gasteiger partial charge in [0.1, 0.15) is 30.6 Å². The van der Waals surface area contributed by atoms with Gasteiger partial charge in [-0.05, 0) is 37.1 Å². The molecule has 6 heterocycles. The summed E-state index contributed by atoms with van der Waals surface area (Å²) in [4.78, 5) is 195. The van der Waals surface area contributed by atoms with Crippen molar-refractivity contribution in [2.75, 3.05) is 44.3 Å². The molecule has 16 atom stereocenters. The van der Waals surface area contributed by atoms with Crippen molar-refractivity contribution < 1.29 is 178 Å². The molecular formula is C34H57N6O44P9S4. The maximum Gasteiger partial charge on any atom is 0.490 e. The summed E-state index contributed by atoms with van der Waals surface area (Å²) in [5.74, 6) is 0.424. The van der Waals surface area contributed by atoms with Gasteiger partial charge in [0.25, 0.3) is 16.7 Å². The van der Waals surface area contributed by atoms with Crippen molar-refractivity contribution in [3.63, 3.8) is 0 Å². The zero-order chi connectivity index (χ0) is 74.0. The number of phosphoric ester groups is 3. The molecule has 17 N–H and O–H groups in total. The van der Waals surface area contributed by atoms with Crippen LogP contribution in [-0.2, 0) is 99.5 Å². The summed E-state index contributed by atoms with van der Waals surface area (Å²) in [5, 5.41) is 30.3. The molecule has 3 aromatic rings. The van der Waals surface area contributed by atoms with Gasteiger partial charge in [-0.1, -0.05) is 21.6 Å². The molecule has 63 heteroatoms. The van der Waals surface area contributed by atoms with Crippen molar-refractivity contribution in [3.05, 3.63) is 98.3 Å². The van der Waals surface area contributed by atoms with E-state index in [1.165, 1.54) is 34.0 Å². The number of nitrogens with one attached hydrogen (secondary N) is 2. The molecule has 0 aromatic carbocycles. The van der Waals surface area contributed by atoms with E-state index in [1.54, 1.807) is 13.2 Å². The number of H-pyrrole nitrogens is 2. The minimum Gasteiger partial charge on any atom is -0.445 e. The Labute approximate surface area is 554 Å². The quantitative estimate of drug-likeness (QED) is 0.0275. The number of rotatable bonds is 30. The summed E-state index contributed by atoms with van der Waals surface area (Å²) in [6.45, 7) is -1.12. The van der Waals surface area contributed by atoms with Gasteiger partial charge in [0, 0.05) is 62.2 Å². The van der Waals surface area contributed by atoms with E-state index in [9.17, 15) is 105 Å². The number of carbonyl (C=O) groups is 1. The molecule has 50 nitrogen and oxygen atoms in total. The standard InChI is InChI=1S/C14H23N2O16P3S2.2C10H17N2O14P3S/c1-7(6-37-36-2)29-14(20)16-4-8(12(18)15-13(16)19)10-3-9(17)11(30-10)5-28-34(24,25)32-35(26,27)31-33(21,22)23;1-30-12-3-5(9(14)11-10(12)15)7-2-6(13)8(24-7)4-23-28(19,20)26-29(21,22)25-27(16,17)18;1-30-12-8(14)2-3-11(10(12)15)9-4-6(13)7(24-9)5-23-28(19,20)26-29(21,22)25-27(16,17)18/h4,7,9-11,17H,3,5-6H2,1-2H3,(H,24,25)(H,26,27)(H,15,18,19)(H2,21,22,23);3,6-8,13H,2,4H2,1H3,(H,19,20)(H,21,22)(H,11,14,15)(H2,16,17,18);2-3,6-7,9,13H,4-5H2,1H3,(H,19,20)(H,21,22)(H2,16,17,18)/t7?,9-,10-,11-;6-,7-,8-;6-,7-,9-/m111/s1. The predicted octanol–water partition coefficient (Wildman–Crippen LogP) is -1.22. The van der Waals surface area contributed by atoms with E-state index in [2.05, 4.69) is 44.4 Å². The Morgan fingerprint density at radius 3 is 1.34 bits per heavy atom. The average Bonchev–Trinajstić information content (AvgIpc) is 1.77. The number of aromatic amines is 2. The molecule has 556 valence electrons. The van der Waals surface area contributed by atoms with Crippen LogP contribution < -0.4 is 33.7 Å². The number of phosphoric acid groups is 9. The second kappa shape index (κ2) is 35.6. The van der Waals surface area contributed by atoms with Crippen LogP contribution in [0, 0.1) is 0 Å². The number of ether oxygens (including phenoxy) is 4. The van der Waals surface area contributed by atoms with Gasteiger partial charge in [-0.2, -0.15) is 25.9 Å². The number of hydrogen-bond donors (Lipinski definition) is 17. The van der Waals surface area contributed by atoms with Crippen LogP contribution in [0.3, 0.4) is 0 Å². The maximum absolute atomic E-state index is 12.4. The number of nitrogens with zero attached hydrogens (tertiary/aromatic N) is 4. The van der Waals surface area contributed by atoms with Crippen LogP contribution in [0.25, 0.3) is 0 Å². The maximum atomic E-state index is 12.4. The van der Waals surface area contributed by atoms with E-state index in [-0.39, 0.29) is 30.4 Å². The van der Waals surface area contributed by atoms with Crippen LogP contribution in [0.1, 0.15) is 55.7 Å². The molecule has 0 spiro atoms. The Hall–Kier alpha value is -2.10. The third-order valence-electron chi connectivity index (χ3n) is 11.3. The number of hydrogen-bond acceptors (Lipinski definition) is 36. The van der Waals surface area contributed by atoms with Crippen molar-refractivity contribution >= 4 is 122 Å². The second-order valence-electron chi connectivity index (χ2n) is 18.6. The Kier molecular flexibility index (Phi) is 32.0. The van der Waals surface area contributed by atoms with Crippen molar-refractivity contribution in [1.29, 1.82) is 0 Å². The molecule has 0 amide bonds. The molecular weight excluding hydrogens is 1600 g/mol. The van der Waals surface area contributed by atoms with Crippen LogP contribution in [-0.4, -0.2) is 194 Å². The number of aliphatic hydroxyl groups excluding tert-OH is 3. The van der Waals surface area contributed by atoms with E-state index in [0.717, 1.165) is 54.9 Å². The summed E-state index contributed by atoms with van der Waals surface area (Å²) in [6.07, 6.45) is -5.61. The number of aliphatic hydroxyl groups is 3. The fraction of sp³-hybridized carbons (Fsp3) is 0.618. The molecule has 97 heavy (non-hydrogen) atoms. The lowest BCUT2D eigenvalue weighted by molar-refractivity contribution is -0.0451. The van der Waals surface area contributed by atoms with Crippen molar-refractivity contribution in [2.24, 2.45) is 0 Å². The van der Waals surface area contributed by atoms with Gasteiger partial charge in [0.2, 0.25) is 0 Å². The molecule has 0 bridgehead atoms. The lowest BCUT2D eigenvalue weighted by atomic mass is 10.1. The van der Waals surface area contributed by atoms with Crippen molar-refractivity contribution in [3.8, 4) is 0 Å². The average molecular weight is 1660 g/mol. The van der Waals surface area contributed by atoms with Crippen LogP contribution in [0.15, 0.2) is 53.4 Å². The van der Waals surface area contributed by atoms with Crippen LogP contribution in [0.5, 0.6) is 0 Å². The van der Waals surface area contributed by atoms with Crippen LogP contribution in [0.4, 0.5) is 4.79 Å². The molecule has 3 aliphatic rings. The van der Waals surface area contributed by atoms with Crippen LogP contribution >= 0.6 is 116 Å². The first-order chi connectivity index (χ1) is 44.2. The highest BCUT2D eigenvalue weighted by atomic mass is 33.1. The van der Waals surface area contributed by atoms with E-state index in [4.69, 9.17) is 63.0 Å². The fourth-order valence-corrected chi connectivity index (χ4v) is 19.0. The monoisotopic (exact) mass is 1660 g/mol. The second-order valence-corrected chi connectivity index (χ2v) is 35.9. The first kappa shape index (κ1) is 87.3. The summed E-state index contributed by atoms with van der Waals surface area (Å²) < 4.78 is 160. The normalized spacial score (nSPS) is 25.5. The molecule has 7 unspecified atom stereocenters. The van der Waals surface area contributed by atoms with Gasteiger partial charge in [-0.25, -0.2) is 72.8 Å². The largest absolute Gasteiger partial charge is 0.490 e. The van der Waals surface area contributed by atoms with Gasteiger partial charge in [-0.15, -0.1) is 0 Å². The lowest BCUT2D eigenvalue weighted by Gasteiger charge is -2.19. The van der Waals surface area contributed by atoms with Gasteiger partial charge < -0.3 is 93.0 Å². The Balaban J connectivity index is 0.000000312. The van der Waals surface area contributed by atoms with Gasteiger partial charge in [0.15, 0.2) is 0 Å². The molecule has 0 saturated carbocycles. The fourth-order valence-electron chi connectivity index (χ4n) is 7.58. The smallest absolute Gasteiger partial charge is 0.445 e. The molecule has 3 aliphatic heterocycles. The molecule has 0 radical (unpaired) electrons. The van der Waals surface area contributed by atoms with Gasteiger partial charge in [0.05, 0.1) is 61.5 Å². The van der Waals surface area contributed by atoms with E-state index in [0.29, 0.717) is 10.3 Å². The zero-order valence-electron chi connectivity index (χ0n) is 48.5. The van der Waals surface area contributed by atoms with Gasteiger partial charge >= 0.3 is 93.6 Å². The molecule has 3 fully saturated rings. The highest BCUT2D eigenvalue weighted by Crippen LogP contribution is 2.68. The summed E-state index contributed by atoms with van der Waals surface area (Å²) in [5.41, 5.74) is -5.11. The van der Waals surface area contributed by atoms with Crippen LogP contribution in [0.2, 0.25) is 0 Å². The summed E-state index contributed by atoms with van der Waals surface area (Å²) in [7, 11) is -47.1. The highest BCUT2D eigenvalue weighted by Gasteiger charge is 2.47. The minimum atomic E-state index is -5.74. The Morgan fingerprint density at radius 1 is 0.557 bits per heavy atom. The minimum absolute atomic E-state index is 0.0103. The third kappa shape index (κ3) is 29.2. The van der Waals surface area contributed by atoms with Crippen molar-refractivity contribution in [1.82, 2.24) is 27.0 Å². The first-order valence-corrected chi connectivity index (χ1v) is 43.7. The number of carbonyl (C=O) groups excluding carboxylic acids is 1. The first-order valence-electron chi connectivity index (χ1n) is 25.1. The molecule has 0 aliphatic carbocycles. The third-order valence-corrected chi connectivity index (χ3v) is 26.0. The zero-order valence-corrected chi connectivity index (χ0v) is 59.8. The van der Waals surface area contributed by atoms with Gasteiger partial charge in [-0.3, -0.25) is 42.5 Å². The van der Waals surface area contributed by atoms with E-state index >= 15 is 0 Å². The Bertz CT molecular complexity index is 4020. The summed E-state index contributed by atoms with van der Waals surface area (Å²) >= 11 is 1.83. The SMILES string of the molecule is CSSCC(C)OC(=O)n1cc([C@H]2C[C@@H](O)[C@@H](COP(=O)(O)OP(=O)(O)OP(=O)(O)O)O2)c(=O)[nH]c1=O.CSn1c(=O)ccn([C@H]2C[C@@H](O)[C@@H](COP(=O)(O)OP(=O)(O)OP(=O)(O)O)O2)c1=O.CSn1cc([C@H]2C[C@@H](O)[C@@H](COP(=O)(O)OP(=O)(O)OP(=O)(O)O)O2)c(=O)[nH]c1=O. The molecule has 6 rings (SSSR count).